The molecule has 3 N–H and O–H groups in total. The highest BCUT2D eigenvalue weighted by molar-refractivity contribution is 6.10. The van der Waals surface area contributed by atoms with Gasteiger partial charge in [0.05, 0.1) is 22.3 Å². The summed E-state index contributed by atoms with van der Waals surface area (Å²) in [5.74, 6) is -0.574. The maximum atomic E-state index is 13.4. The molecule has 2 aromatic carbocycles. The van der Waals surface area contributed by atoms with Gasteiger partial charge in [0.1, 0.15) is 6.61 Å². The summed E-state index contributed by atoms with van der Waals surface area (Å²) in [6, 6.07) is 11.9. The molecule has 0 bridgehead atoms. The SMILES string of the molecule is C[C@@H]1CN(c2ccc3nc(-c4cc(C(=O)c5ccccc5C(F)(F)F)c[nH]4)[nH]c3c2)CCN1C(=O)CO. The molecule has 5 rings (SSSR count). The molecule has 1 amide bonds. The molecule has 11 heteroatoms. The largest absolute Gasteiger partial charge is 0.417 e. The van der Waals surface area contributed by atoms with E-state index in [1.165, 1.54) is 30.5 Å². The van der Waals surface area contributed by atoms with Gasteiger partial charge >= 0.3 is 6.18 Å². The molecule has 8 nitrogen and oxygen atoms in total. The summed E-state index contributed by atoms with van der Waals surface area (Å²) in [4.78, 5) is 39.3. The number of aliphatic hydroxyl groups excluding tert-OH is 1. The van der Waals surface area contributed by atoms with Crippen LogP contribution in [0.5, 0.6) is 0 Å². The van der Waals surface area contributed by atoms with Crippen LogP contribution in [0.15, 0.2) is 54.7 Å². The zero-order valence-corrected chi connectivity index (χ0v) is 19.8. The molecular formula is C26H24F3N5O3. The van der Waals surface area contributed by atoms with E-state index in [0.717, 1.165) is 17.3 Å². The van der Waals surface area contributed by atoms with E-state index in [2.05, 4.69) is 19.9 Å². The predicted octanol–water partition coefficient (Wildman–Crippen LogP) is 3.84. The van der Waals surface area contributed by atoms with E-state index >= 15 is 0 Å². The lowest BCUT2D eigenvalue weighted by molar-refractivity contribution is -0.138. The van der Waals surface area contributed by atoms with Gasteiger partial charge in [-0.15, -0.1) is 0 Å². The maximum absolute atomic E-state index is 13.4. The third-order valence-electron chi connectivity index (χ3n) is 6.59. The fourth-order valence-corrected chi connectivity index (χ4v) is 4.72. The molecule has 1 aliphatic rings. The van der Waals surface area contributed by atoms with E-state index in [9.17, 15) is 22.8 Å². The lowest BCUT2D eigenvalue weighted by Crippen LogP contribution is -2.54. The highest BCUT2D eigenvalue weighted by Crippen LogP contribution is 2.33. The summed E-state index contributed by atoms with van der Waals surface area (Å²) in [6.45, 7) is 3.16. The number of piperazine rings is 1. The number of imidazole rings is 1. The smallest absolute Gasteiger partial charge is 0.387 e. The lowest BCUT2D eigenvalue weighted by atomic mass is 9.99. The number of aromatic amines is 2. The highest BCUT2D eigenvalue weighted by Gasteiger charge is 2.35. The quantitative estimate of drug-likeness (QED) is 0.353. The predicted molar refractivity (Wildman–Crippen MR) is 131 cm³/mol. The molecule has 0 radical (unpaired) electrons. The standard InChI is InChI=1S/C26H24F3N5O3/c1-15-13-33(8-9-34(15)23(36)14-35)17-6-7-20-21(11-17)32-25(31-20)22-10-16(12-30-22)24(37)18-4-2-3-5-19(18)26(27,28)29/h2-7,10-12,15,30,35H,8-9,13-14H2,1H3,(H,31,32)/t15-/m1/s1. The molecule has 0 unspecified atom stereocenters. The van der Waals surface area contributed by atoms with Gasteiger partial charge in [0.25, 0.3) is 0 Å². The number of halogens is 3. The second-order valence-corrected chi connectivity index (χ2v) is 9.00. The van der Waals surface area contributed by atoms with E-state index in [1.807, 2.05) is 25.1 Å². The summed E-state index contributed by atoms with van der Waals surface area (Å²) in [7, 11) is 0. The van der Waals surface area contributed by atoms with Gasteiger partial charge in [0.15, 0.2) is 11.6 Å². The van der Waals surface area contributed by atoms with Crippen LogP contribution in [0, 0.1) is 0 Å². The Balaban J connectivity index is 1.37. The number of fused-ring (bicyclic) bond motifs is 1. The minimum atomic E-state index is -4.64. The molecule has 192 valence electrons. The second-order valence-electron chi connectivity index (χ2n) is 9.00. The van der Waals surface area contributed by atoms with Gasteiger partial charge in [-0.25, -0.2) is 4.98 Å². The van der Waals surface area contributed by atoms with Crippen LogP contribution >= 0.6 is 0 Å². The minimum absolute atomic E-state index is 0.0567. The fourth-order valence-electron chi connectivity index (χ4n) is 4.72. The molecule has 1 atom stereocenters. The van der Waals surface area contributed by atoms with Gasteiger partial charge in [0.2, 0.25) is 5.91 Å². The van der Waals surface area contributed by atoms with E-state index in [-0.39, 0.29) is 17.5 Å². The molecule has 1 fully saturated rings. The second kappa shape index (κ2) is 9.40. The number of amides is 1. The minimum Gasteiger partial charge on any atom is -0.387 e. The normalized spacial score (nSPS) is 16.4. The van der Waals surface area contributed by atoms with Crippen molar-refractivity contribution < 1.29 is 27.9 Å². The Hall–Kier alpha value is -4.12. The van der Waals surface area contributed by atoms with Gasteiger partial charge < -0.3 is 24.9 Å². The third-order valence-corrected chi connectivity index (χ3v) is 6.59. The average molecular weight is 512 g/mol. The number of rotatable bonds is 5. The first kappa shape index (κ1) is 24.6. The first-order chi connectivity index (χ1) is 17.7. The van der Waals surface area contributed by atoms with Crippen molar-refractivity contribution in [3.8, 4) is 11.5 Å². The lowest BCUT2D eigenvalue weighted by Gasteiger charge is -2.40. The van der Waals surface area contributed by atoms with Crippen LogP contribution in [0.3, 0.4) is 0 Å². The molecule has 0 saturated carbocycles. The molecule has 0 spiro atoms. The Kier molecular flexibility index (Phi) is 6.24. The Morgan fingerprint density at radius 1 is 1.14 bits per heavy atom. The molecule has 0 aliphatic carbocycles. The van der Waals surface area contributed by atoms with Gasteiger partial charge in [-0.2, -0.15) is 13.2 Å². The van der Waals surface area contributed by atoms with Crippen LogP contribution in [0.1, 0.15) is 28.4 Å². The van der Waals surface area contributed by atoms with Gasteiger partial charge in [-0.05, 0) is 37.3 Å². The van der Waals surface area contributed by atoms with Crippen LogP contribution in [-0.4, -0.2) is 68.9 Å². The number of carbonyl (C=O) groups is 2. The first-order valence-electron chi connectivity index (χ1n) is 11.7. The molecule has 1 aliphatic heterocycles. The fraction of sp³-hybridized carbons (Fsp3) is 0.269. The molecular weight excluding hydrogens is 487 g/mol. The van der Waals surface area contributed by atoms with Crippen molar-refractivity contribution in [3.05, 3.63) is 71.4 Å². The van der Waals surface area contributed by atoms with Crippen molar-refractivity contribution in [1.29, 1.82) is 0 Å². The van der Waals surface area contributed by atoms with Crippen molar-refractivity contribution in [3.63, 3.8) is 0 Å². The highest BCUT2D eigenvalue weighted by atomic mass is 19.4. The summed E-state index contributed by atoms with van der Waals surface area (Å²) in [5.41, 5.74) is 1.55. The van der Waals surface area contributed by atoms with Crippen molar-refractivity contribution >= 4 is 28.4 Å². The first-order valence-corrected chi connectivity index (χ1v) is 11.7. The number of alkyl halides is 3. The van der Waals surface area contributed by atoms with Crippen LogP contribution < -0.4 is 4.90 Å². The number of nitrogens with one attached hydrogen (secondary N) is 2. The van der Waals surface area contributed by atoms with Crippen molar-refractivity contribution in [2.45, 2.75) is 19.1 Å². The monoisotopic (exact) mass is 511 g/mol. The topological polar surface area (TPSA) is 105 Å². The number of hydrogen-bond donors (Lipinski definition) is 3. The Morgan fingerprint density at radius 2 is 1.92 bits per heavy atom. The van der Waals surface area contributed by atoms with Crippen molar-refractivity contribution in [2.75, 3.05) is 31.1 Å². The number of aromatic nitrogens is 3. The number of hydrogen-bond acceptors (Lipinski definition) is 5. The zero-order chi connectivity index (χ0) is 26.3. The van der Waals surface area contributed by atoms with Crippen LogP contribution in [0.4, 0.5) is 18.9 Å². The van der Waals surface area contributed by atoms with E-state index in [4.69, 9.17) is 5.11 Å². The summed E-state index contributed by atoms with van der Waals surface area (Å²) < 4.78 is 40.1. The van der Waals surface area contributed by atoms with Crippen LogP contribution in [0.25, 0.3) is 22.6 Å². The summed E-state index contributed by atoms with van der Waals surface area (Å²) in [5, 5.41) is 9.15. The Morgan fingerprint density at radius 3 is 2.65 bits per heavy atom. The number of ketones is 1. The van der Waals surface area contributed by atoms with E-state index in [0.29, 0.717) is 36.7 Å². The van der Waals surface area contributed by atoms with Crippen molar-refractivity contribution in [1.82, 2.24) is 19.9 Å². The average Bonchev–Trinajstić information content (AvgIpc) is 3.54. The number of aliphatic hydroxyl groups is 1. The van der Waals surface area contributed by atoms with Gasteiger partial charge in [0, 0.05) is 48.7 Å². The summed E-state index contributed by atoms with van der Waals surface area (Å²) >= 11 is 0. The summed E-state index contributed by atoms with van der Waals surface area (Å²) in [6.07, 6.45) is -3.27. The van der Waals surface area contributed by atoms with Gasteiger partial charge in [-0.1, -0.05) is 18.2 Å². The molecule has 2 aromatic heterocycles. The van der Waals surface area contributed by atoms with Gasteiger partial charge in [-0.3, -0.25) is 9.59 Å². The van der Waals surface area contributed by atoms with Crippen LogP contribution in [0.2, 0.25) is 0 Å². The van der Waals surface area contributed by atoms with Crippen molar-refractivity contribution in [2.24, 2.45) is 0 Å². The van der Waals surface area contributed by atoms with Crippen LogP contribution in [-0.2, 0) is 11.0 Å². The number of benzene rings is 2. The molecule has 1 saturated heterocycles. The molecule has 3 heterocycles. The van der Waals surface area contributed by atoms with E-state index < -0.39 is 29.7 Å². The van der Waals surface area contributed by atoms with E-state index in [1.54, 1.807) is 4.90 Å². The molecule has 37 heavy (non-hydrogen) atoms. The zero-order valence-electron chi connectivity index (χ0n) is 19.8. The Bertz CT molecular complexity index is 1480. The number of H-pyrrole nitrogens is 2. The number of nitrogens with zero attached hydrogens (tertiary/aromatic N) is 3. The number of carbonyl (C=O) groups excluding carboxylic acids is 2. The third kappa shape index (κ3) is 4.69. The molecule has 4 aromatic rings. The number of anilines is 1. The Labute approximate surface area is 209 Å². The maximum Gasteiger partial charge on any atom is 0.417 e.